The van der Waals surface area contributed by atoms with Gasteiger partial charge in [-0.3, -0.25) is 9.52 Å². The Morgan fingerprint density at radius 1 is 1.15 bits per heavy atom. The van der Waals surface area contributed by atoms with Gasteiger partial charge in [0.15, 0.2) is 0 Å². The van der Waals surface area contributed by atoms with E-state index in [0.29, 0.717) is 12.1 Å². The van der Waals surface area contributed by atoms with E-state index < -0.39 is 10.9 Å². The summed E-state index contributed by atoms with van der Waals surface area (Å²) in [5.41, 5.74) is 3.08. The van der Waals surface area contributed by atoms with Crippen LogP contribution < -0.4 is 9.46 Å². The van der Waals surface area contributed by atoms with Gasteiger partial charge in [-0.05, 0) is 35.4 Å². The van der Waals surface area contributed by atoms with E-state index in [2.05, 4.69) is 9.82 Å². The number of hydrogen-bond donors (Lipinski definition) is 2. The number of benzene rings is 2. The Labute approximate surface area is 153 Å². The molecule has 0 fully saturated rings. The number of hydrazone groups is 1. The summed E-state index contributed by atoms with van der Waals surface area (Å²) in [6.45, 7) is 1.49. The molecule has 0 saturated carbocycles. The van der Waals surface area contributed by atoms with Gasteiger partial charge in [-0.1, -0.05) is 24.3 Å². The fraction of sp³-hybridized carbons (Fsp3) is 0.222. The van der Waals surface area contributed by atoms with Crippen molar-refractivity contribution in [3.05, 3.63) is 59.7 Å². The van der Waals surface area contributed by atoms with E-state index >= 15 is 0 Å². The number of amides is 1. The molecular weight excluding hydrogens is 354 g/mol. The lowest BCUT2D eigenvalue weighted by Gasteiger charge is -2.20. The van der Waals surface area contributed by atoms with Crippen molar-refractivity contribution in [2.24, 2.45) is 5.10 Å². The third kappa shape index (κ3) is 3.85. The number of methoxy groups -OCH3 is 1. The van der Waals surface area contributed by atoms with Gasteiger partial charge < -0.3 is 4.74 Å². The first-order valence-corrected chi connectivity index (χ1v) is 9.18. The van der Waals surface area contributed by atoms with Crippen molar-refractivity contribution in [1.82, 2.24) is 5.01 Å². The minimum absolute atomic E-state index is 0.137. The maximum absolute atomic E-state index is 12.0. The summed E-state index contributed by atoms with van der Waals surface area (Å²) in [5.74, 6) is 0.615. The van der Waals surface area contributed by atoms with Crippen LogP contribution in [0.15, 0.2) is 53.6 Å². The molecule has 8 heteroatoms. The third-order valence-corrected chi connectivity index (χ3v) is 4.61. The van der Waals surface area contributed by atoms with Crippen LogP contribution in [0.1, 0.15) is 30.5 Å². The van der Waals surface area contributed by atoms with Gasteiger partial charge in [-0.15, -0.1) is 0 Å². The first-order chi connectivity index (χ1) is 12.5. The predicted octanol–water partition coefficient (Wildman–Crippen LogP) is 2.33. The number of thiol groups is 1. The van der Waals surface area contributed by atoms with Crippen LogP contribution in [0.5, 0.6) is 5.75 Å². The molecular formula is C18H19N3O4S. The van der Waals surface area contributed by atoms with Crippen LogP contribution in [0.3, 0.4) is 0 Å². The van der Waals surface area contributed by atoms with Crippen molar-refractivity contribution in [3.63, 3.8) is 0 Å². The van der Waals surface area contributed by atoms with E-state index in [1.165, 1.54) is 11.9 Å². The molecule has 0 bridgehead atoms. The monoisotopic (exact) mass is 373 g/mol. The molecule has 2 aromatic carbocycles. The van der Waals surface area contributed by atoms with Crippen LogP contribution in [0.4, 0.5) is 5.69 Å². The Bertz CT molecular complexity index is 897. The minimum Gasteiger partial charge on any atom is -0.497 e. The number of carbonyl (C=O) groups is 1. The summed E-state index contributed by atoms with van der Waals surface area (Å²) in [5, 5.41) is 5.96. The number of nitrogens with zero attached hydrogens (tertiary/aromatic N) is 2. The molecule has 7 nitrogen and oxygen atoms in total. The number of anilines is 1. The fourth-order valence-corrected chi connectivity index (χ4v) is 3.26. The molecule has 1 aliphatic heterocycles. The van der Waals surface area contributed by atoms with Gasteiger partial charge in [0.05, 0.1) is 18.9 Å². The Kier molecular flexibility index (Phi) is 5.22. The highest BCUT2D eigenvalue weighted by Crippen LogP contribution is 2.33. The lowest BCUT2D eigenvalue weighted by molar-refractivity contribution is -0.130. The van der Waals surface area contributed by atoms with Crippen molar-refractivity contribution < 1.29 is 17.9 Å². The van der Waals surface area contributed by atoms with Crippen molar-refractivity contribution in [2.45, 2.75) is 19.4 Å². The van der Waals surface area contributed by atoms with Gasteiger partial charge in [0, 0.05) is 19.0 Å². The second kappa shape index (κ2) is 7.57. The summed E-state index contributed by atoms with van der Waals surface area (Å²) in [6.07, 6.45) is 0.578. The minimum atomic E-state index is -2.70. The molecule has 1 atom stereocenters. The van der Waals surface area contributed by atoms with E-state index in [9.17, 15) is 13.2 Å². The molecule has 136 valence electrons. The van der Waals surface area contributed by atoms with Crippen LogP contribution >= 0.6 is 0 Å². The van der Waals surface area contributed by atoms with Gasteiger partial charge >= 0.3 is 0 Å². The number of ether oxygens (including phenoxy) is 1. The standard InChI is InChI=1S/C18H19N3O4S/c1-12(22)21-18(14-5-9-16(25-2)10-6-14)11-17(19-21)13-3-7-15(8-4-13)20-26(23)24/h3-10,18,26H,11H2,1-2H3,(H,20,23,24). The van der Waals surface area contributed by atoms with Crippen LogP contribution in [0.2, 0.25) is 0 Å². The van der Waals surface area contributed by atoms with Crippen molar-refractivity contribution in [2.75, 3.05) is 11.8 Å². The van der Waals surface area contributed by atoms with Crippen LogP contribution in [-0.2, 0) is 15.7 Å². The van der Waals surface area contributed by atoms with Gasteiger partial charge in [0.2, 0.25) is 16.8 Å². The quantitative estimate of drug-likeness (QED) is 0.788. The van der Waals surface area contributed by atoms with Gasteiger partial charge in [-0.2, -0.15) is 5.10 Å². The molecule has 3 rings (SSSR count). The highest BCUT2D eigenvalue weighted by Gasteiger charge is 2.31. The summed E-state index contributed by atoms with van der Waals surface area (Å²) >= 11 is 0. The topological polar surface area (TPSA) is 88.1 Å². The maximum atomic E-state index is 12.0. The number of rotatable bonds is 5. The van der Waals surface area contributed by atoms with Gasteiger partial charge in [0.25, 0.3) is 0 Å². The highest BCUT2D eigenvalue weighted by molar-refractivity contribution is 7.73. The third-order valence-electron chi connectivity index (χ3n) is 4.17. The first kappa shape index (κ1) is 17.9. The van der Waals surface area contributed by atoms with Crippen molar-refractivity contribution in [1.29, 1.82) is 0 Å². The number of hydrogen-bond acceptors (Lipinski definition) is 5. The summed E-state index contributed by atoms with van der Waals surface area (Å²) in [6, 6.07) is 14.3. The molecule has 0 saturated heterocycles. The van der Waals surface area contributed by atoms with Crippen molar-refractivity contribution in [3.8, 4) is 5.75 Å². The van der Waals surface area contributed by atoms with Crippen LogP contribution in [0, 0.1) is 0 Å². The Balaban J connectivity index is 1.85. The second-order valence-corrected chi connectivity index (χ2v) is 6.59. The second-order valence-electron chi connectivity index (χ2n) is 5.85. The lowest BCUT2D eigenvalue weighted by atomic mass is 9.98. The van der Waals surface area contributed by atoms with Crippen LogP contribution in [0.25, 0.3) is 0 Å². The summed E-state index contributed by atoms with van der Waals surface area (Å²) in [4.78, 5) is 12.0. The Morgan fingerprint density at radius 3 is 2.35 bits per heavy atom. The molecule has 1 heterocycles. The molecule has 1 aliphatic rings. The molecule has 1 unspecified atom stereocenters. The predicted molar refractivity (Wildman–Crippen MR) is 99.8 cm³/mol. The molecule has 1 N–H and O–H groups in total. The van der Waals surface area contributed by atoms with Crippen LogP contribution in [-0.4, -0.2) is 32.2 Å². The molecule has 26 heavy (non-hydrogen) atoms. The van der Waals surface area contributed by atoms with E-state index in [1.807, 2.05) is 24.3 Å². The highest BCUT2D eigenvalue weighted by atomic mass is 32.2. The summed E-state index contributed by atoms with van der Waals surface area (Å²) in [7, 11) is -1.09. The normalized spacial score (nSPS) is 16.5. The lowest BCUT2D eigenvalue weighted by Crippen LogP contribution is -2.24. The van der Waals surface area contributed by atoms with E-state index in [0.717, 1.165) is 22.6 Å². The summed E-state index contributed by atoms with van der Waals surface area (Å²) < 4.78 is 29.0. The first-order valence-electron chi connectivity index (χ1n) is 8.00. The fourth-order valence-electron chi connectivity index (χ4n) is 2.90. The maximum Gasteiger partial charge on any atom is 0.240 e. The SMILES string of the molecule is COc1ccc(C2CC(c3ccc(N[SH](=O)=O)cc3)=NN2C(C)=O)cc1. The Hall–Kier alpha value is -2.87. The Morgan fingerprint density at radius 2 is 1.81 bits per heavy atom. The average molecular weight is 373 g/mol. The largest absolute Gasteiger partial charge is 0.497 e. The number of nitrogens with one attached hydrogen (secondary N) is 1. The molecule has 0 aliphatic carbocycles. The average Bonchev–Trinajstić information content (AvgIpc) is 3.07. The molecule has 1 amide bonds. The number of carbonyl (C=O) groups excluding carboxylic acids is 1. The molecule has 2 aromatic rings. The van der Waals surface area contributed by atoms with Gasteiger partial charge in [0.1, 0.15) is 5.75 Å². The van der Waals surface area contributed by atoms with E-state index in [4.69, 9.17) is 4.74 Å². The van der Waals surface area contributed by atoms with Gasteiger partial charge in [-0.25, -0.2) is 13.4 Å². The zero-order chi connectivity index (χ0) is 18.7. The van der Waals surface area contributed by atoms with Crippen molar-refractivity contribution >= 4 is 28.2 Å². The van der Waals surface area contributed by atoms with E-state index in [1.54, 1.807) is 31.4 Å². The zero-order valence-electron chi connectivity index (χ0n) is 14.4. The van der Waals surface area contributed by atoms with E-state index in [-0.39, 0.29) is 11.9 Å². The smallest absolute Gasteiger partial charge is 0.240 e. The molecule has 0 radical (unpaired) electrons. The molecule has 0 aromatic heterocycles. The zero-order valence-corrected chi connectivity index (χ0v) is 15.3. The molecule has 0 spiro atoms.